The molecule has 1 N–H and O–H groups in total. The predicted octanol–water partition coefficient (Wildman–Crippen LogP) is 2.81. The van der Waals surface area contributed by atoms with Crippen molar-refractivity contribution in [2.75, 3.05) is 13.1 Å². The fourth-order valence-corrected chi connectivity index (χ4v) is 2.93. The molecule has 0 radical (unpaired) electrons. The molecule has 3 heteroatoms. The summed E-state index contributed by atoms with van der Waals surface area (Å²) in [6.45, 7) is 6.85. The summed E-state index contributed by atoms with van der Waals surface area (Å²) in [5.41, 5.74) is 1.31. The first-order chi connectivity index (χ1) is 9.72. The van der Waals surface area contributed by atoms with E-state index in [4.69, 9.17) is 0 Å². The summed E-state index contributed by atoms with van der Waals surface area (Å²) in [5.74, 6) is 0.919. The fourth-order valence-electron chi connectivity index (χ4n) is 2.93. The van der Waals surface area contributed by atoms with Crippen LogP contribution in [0.1, 0.15) is 38.7 Å². The molecule has 20 heavy (non-hydrogen) atoms. The molecule has 1 saturated heterocycles. The SMILES string of the molecule is CCC(=O)N1CC(CC)CC(NCc2ccccc2)C1. The molecule has 110 valence electrons. The molecular formula is C17H26N2O. The molecule has 1 heterocycles. The van der Waals surface area contributed by atoms with E-state index >= 15 is 0 Å². The minimum atomic E-state index is 0.287. The molecule has 1 aromatic carbocycles. The van der Waals surface area contributed by atoms with Gasteiger partial charge in [0.1, 0.15) is 0 Å². The lowest BCUT2D eigenvalue weighted by Crippen LogP contribution is -2.50. The van der Waals surface area contributed by atoms with E-state index in [2.05, 4.69) is 36.5 Å². The number of amides is 1. The molecule has 1 aliphatic rings. The molecule has 1 amide bonds. The van der Waals surface area contributed by atoms with E-state index in [1.807, 2.05) is 17.9 Å². The van der Waals surface area contributed by atoms with Crippen molar-refractivity contribution >= 4 is 5.91 Å². The number of nitrogens with one attached hydrogen (secondary N) is 1. The number of benzene rings is 1. The average molecular weight is 274 g/mol. The van der Waals surface area contributed by atoms with E-state index in [-0.39, 0.29) is 5.91 Å². The number of hydrogen-bond donors (Lipinski definition) is 1. The Morgan fingerprint density at radius 2 is 2.00 bits per heavy atom. The highest BCUT2D eigenvalue weighted by atomic mass is 16.2. The van der Waals surface area contributed by atoms with Crippen LogP contribution in [0.4, 0.5) is 0 Å². The van der Waals surface area contributed by atoms with Crippen LogP contribution in [0.2, 0.25) is 0 Å². The summed E-state index contributed by atoms with van der Waals surface area (Å²) in [4.78, 5) is 14.0. The number of carbonyl (C=O) groups excluding carboxylic acids is 1. The van der Waals surface area contributed by atoms with Gasteiger partial charge in [0, 0.05) is 32.1 Å². The number of rotatable bonds is 5. The molecule has 0 bridgehead atoms. The van der Waals surface area contributed by atoms with Crippen LogP contribution in [0.5, 0.6) is 0 Å². The lowest BCUT2D eigenvalue weighted by molar-refractivity contribution is -0.133. The number of piperidine rings is 1. The second-order valence-electron chi connectivity index (χ2n) is 5.73. The van der Waals surface area contributed by atoms with E-state index in [1.54, 1.807) is 0 Å². The zero-order chi connectivity index (χ0) is 14.4. The van der Waals surface area contributed by atoms with Crippen molar-refractivity contribution in [3.8, 4) is 0 Å². The lowest BCUT2D eigenvalue weighted by atomic mass is 9.91. The van der Waals surface area contributed by atoms with Gasteiger partial charge in [0.2, 0.25) is 5.91 Å². The number of likely N-dealkylation sites (tertiary alicyclic amines) is 1. The van der Waals surface area contributed by atoms with Crippen LogP contribution in [0, 0.1) is 5.92 Å². The molecule has 2 unspecified atom stereocenters. The summed E-state index contributed by atoms with van der Waals surface area (Å²) >= 11 is 0. The highest BCUT2D eigenvalue weighted by Gasteiger charge is 2.27. The van der Waals surface area contributed by atoms with E-state index in [9.17, 15) is 4.79 Å². The Bertz CT molecular complexity index is 418. The third-order valence-corrected chi connectivity index (χ3v) is 4.21. The van der Waals surface area contributed by atoms with Crippen LogP contribution in [0.15, 0.2) is 30.3 Å². The maximum Gasteiger partial charge on any atom is 0.222 e. The Labute approximate surface area is 122 Å². The van der Waals surface area contributed by atoms with Crippen molar-refractivity contribution in [1.82, 2.24) is 10.2 Å². The number of carbonyl (C=O) groups is 1. The zero-order valence-corrected chi connectivity index (χ0v) is 12.6. The first-order valence-electron chi connectivity index (χ1n) is 7.78. The number of hydrogen-bond acceptors (Lipinski definition) is 2. The Morgan fingerprint density at radius 1 is 1.25 bits per heavy atom. The predicted molar refractivity (Wildman–Crippen MR) is 82.3 cm³/mol. The summed E-state index contributed by atoms with van der Waals surface area (Å²) in [6.07, 6.45) is 2.94. The lowest BCUT2D eigenvalue weighted by Gasteiger charge is -2.38. The first kappa shape index (κ1) is 15.0. The molecule has 2 atom stereocenters. The topological polar surface area (TPSA) is 32.3 Å². The summed E-state index contributed by atoms with van der Waals surface area (Å²) in [5, 5.41) is 3.62. The fraction of sp³-hybridized carbons (Fsp3) is 0.588. The van der Waals surface area contributed by atoms with Crippen molar-refractivity contribution < 1.29 is 4.79 Å². The molecule has 0 aromatic heterocycles. The van der Waals surface area contributed by atoms with Gasteiger partial charge in [-0.25, -0.2) is 0 Å². The molecule has 0 spiro atoms. The summed E-state index contributed by atoms with van der Waals surface area (Å²) in [6, 6.07) is 10.9. The van der Waals surface area contributed by atoms with Crippen LogP contribution >= 0.6 is 0 Å². The van der Waals surface area contributed by atoms with Gasteiger partial charge in [-0.05, 0) is 17.9 Å². The molecular weight excluding hydrogens is 248 g/mol. The Kier molecular flexibility index (Phi) is 5.60. The highest BCUT2D eigenvalue weighted by Crippen LogP contribution is 2.20. The summed E-state index contributed by atoms with van der Waals surface area (Å²) < 4.78 is 0. The van der Waals surface area contributed by atoms with Gasteiger partial charge in [0.15, 0.2) is 0 Å². The molecule has 2 rings (SSSR count). The minimum Gasteiger partial charge on any atom is -0.341 e. The minimum absolute atomic E-state index is 0.287. The van der Waals surface area contributed by atoms with Gasteiger partial charge in [-0.3, -0.25) is 4.79 Å². The Morgan fingerprint density at radius 3 is 2.65 bits per heavy atom. The highest BCUT2D eigenvalue weighted by molar-refractivity contribution is 5.76. The van der Waals surface area contributed by atoms with Crippen LogP contribution in [-0.2, 0) is 11.3 Å². The van der Waals surface area contributed by atoms with Gasteiger partial charge >= 0.3 is 0 Å². The van der Waals surface area contributed by atoms with Gasteiger partial charge < -0.3 is 10.2 Å². The number of nitrogens with zero attached hydrogens (tertiary/aromatic N) is 1. The maximum absolute atomic E-state index is 11.9. The van der Waals surface area contributed by atoms with Crippen molar-refractivity contribution in [1.29, 1.82) is 0 Å². The monoisotopic (exact) mass is 274 g/mol. The maximum atomic E-state index is 11.9. The van der Waals surface area contributed by atoms with E-state index in [0.29, 0.717) is 18.4 Å². The van der Waals surface area contributed by atoms with Gasteiger partial charge in [0.25, 0.3) is 0 Å². The normalized spacial score (nSPS) is 22.8. The second kappa shape index (κ2) is 7.44. The van der Waals surface area contributed by atoms with Gasteiger partial charge in [-0.15, -0.1) is 0 Å². The van der Waals surface area contributed by atoms with E-state index in [1.165, 1.54) is 12.0 Å². The van der Waals surface area contributed by atoms with Crippen LogP contribution in [-0.4, -0.2) is 29.9 Å². The Balaban J connectivity index is 1.91. The van der Waals surface area contributed by atoms with Crippen molar-refractivity contribution in [2.24, 2.45) is 5.92 Å². The van der Waals surface area contributed by atoms with Gasteiger partial charge in [0.05, 0.1) is 0 Å². The molecule has 1 aliphatic heterocycles. The molecule has 3 nitrogen and oxygen atoms in total. The van der Waals surface area contributed by atoms with Crippen LogP contribution in [0.3, 0.4) is 0 Å². The van der Waals surface area contributed by atoms with Crippen LogP contribution in [0.25, 0.3) is 0 Å². The quantitative estimate of drug-likeness (QED) is 0.895. The first-order valence-corrected chi connectivity index (χ1v) is 7.78. The molecule has 1 fully saturated rings. The zero-order valence-electron chi connectivity index (χ0n) is 12.6. The van der Waals surface area contributed by atoms with E-state index in [0.717, 1.165) is 26.1 Å². The van der Waals surface area contributed by atoms with Gasteiger partial charge in [-0.1, -0.05) is 50.6 Å². The molecule has 0 aliphatic carbocycles. The standard InChI is InChI=1S/C17H26N2O/c1-3-14-10-16(13-19(12-14)17(20)4-2)18-11-15-8-6-5-7-9-15/h5-9,14,16,18H,3-4,10-13H2,1-2H3. The largest absolute Gasteiger partial charge is 0.341 e. The third-order valence-electron chi connectivity index (χ3n) is 4.21. The molecule has 1 aromatic rings. The molecule has 0 saturated carbocycles. The smallest absolute Gasteiger partial charge is 0.222 e. The second-order valence-corrected chi connectivity index (χ2v) is 5.73. The van der Waals surface area contributed by atoms with Crippen molar-refractivity contribution in [3.63, 3.8) is 0 Å². The van der Waals surface area contributed by atoms with E-state index < -0.39 is 0 Å². The average Bonchev–Trinajstić information content (AvgIpc) is 2.52. The van der Waals surface area contributed by atoms with Gasteiger partial charge in [-0.2, -0.15) is 0 Å². The third kappa shape index (κ3) is 4.07. The van der Waals surface area contributed by atoms with Crippen molar-refractivity contribution in [3.05, 3.63) is 35.9 Å². The van der Waals surface area contributed by atoms with Crippen molar-refractivity contribution in [2.45, 2.75) is 45.7 Å². The van der Waals surface area contributed by atoms with Crippen LogP contribution < -0.4 is 5.32 Å². The summed E-state index contributed by atoms with van der Waals surface area (Å²) in [7, 11) is 0. The Hall–Kier alpha value is -1.35.